The summed E-state index contributed by atoms with van der Waals surface area (Å²) in [5.74, 6) is -0.753. The fourth-order valence-electron chi connectivity index (χ4n) is 1.66. The number of aryl methyl sites for hydroxylation is 2. The summed E-state index contributed by atoms with van der Waals surface area (Å²) in [6.07, 6.45) is 1.47. The normalized spacial score (nSPS) is 11.4. The van der Waals surface area contributed by atoms with Crippen molar-refractivity contribution in [2.24, 2.45) is 0 Å². The third kappa shape index (κ3) is 3.33. The number of nitrogen functional groups attached to an aromatic ring is 1. The fraction of sp³-hybridized carbons (Fsp3) is 0.154. The zero-order chi connectivity index (χ0) is 15.8. The van der Waals surface area contributed by atoms with Gasteiger partial charge in [-0.25, -0.2) is 17.8 Å². The molecular weight excluding hydrogens is 361 g/mol. The first kappa shape index (κ1) is 15.7. The molecule has 1 heterocycles. The van der Waals surface area contributed by atoms with Crippen molar-refractivity contribution < 1.29 is 12.8 Å². The molecule has 0 aliphatic rings. The Morgan fingerprint density at radius 2 is 1.90 bits per heavy atom. The van der Waals surface area contributed by atoms with Crippen LogP contribution in [0, 0.1) is 19.7 Å². The van der Waals surface area contributed by atoms with Gasteiger partial charge in [0.15, 0.2) is 0 Å². The van der Waals surface area contributed by atoms with E-state index in [0.717, 1.165) is 22.2 Å². The summed E-state index contributed by atoms with van der Waals surface area (Å²) in [5.41, 5.74) is 7.12. The molecule has 2 aromatic rings. The maximum absolute atomic E-state index is 13.9. The number of rotatable bonds is 3. The highest BCUT2D eigenvalue weighted by molar-refractivity contribution is 9.10. The summed E-state index contributed by atoms with van der Waals surface area (Å²) in [6, 6.07) is 3.72. The number of nitrogens with zero attached hydrogens (tertiary/aromatic N) is 1. The summed E-state index contributed by atoms with van der Waals surface area (Å²) in [7, 11) is -4.10. The Kier molecular flexibility index (Phi) is 4.20. The average Bonchev–Trinajstić information content (AvgIpc) is 2.37. The largest absolute Gasteiger partial charge is 0.398 e. The van der Waals surface area contributed by atoms with Gasteiger partial charge >= 0.3 is 0 Å². The zero-order valence-corrected chi connectivity index (χ0v) is 13.7. The molecule has 1 aromatic carbocycles. The molecule has 0 bridgehead atoms. The maximum atomic E-state index is 13.9. The fourth-order valence-corrected chi connectivity index (χ4v) is 2.97. The Morgan fingerprint density at radius 1 is 1.24 bits per heavy atom. The number of pyridine rings is 1. The van der Waals surface area contributed by atoms with Crippen molar-refractivity contribution in [2.75, 3.05) is 10.5 Å². The molecule has 8 heteroatoms. The Hall–Kier alpha value is -1.67. The molecule has 0 aliphatic heterocycles. The smallest absolute Gasteiger partial charge is 0.266 e. The zero-order valence-electron chi connectivity index (χ0n) is 11.3. The molecule has 0 radical (unpaired) electrons. The highest BCUT2D eigenvalue weighted by atomic mass is 79.9. The van der Waals surface area contributed by atoms with Gasteiger partial charge in [-0.2, -0.15) is 0 Å². The molecule has 0 unspecified atom stereocenters. The number of anilines is 2. The van der Waals surface area contributed by atoms with Gasteiger partial charge in [-0.15, -0.1) is 0 Å². The van der Waals surface area contributed by atoms with Gasteiger partial charge in [0.1, 0.15) is 16.5 Å². The van der Waals surface area contributed by atoms with E-state index in [1.54, 1.807) is 13.8 Å². The Balaban J connectivity index is 2.43. The molecule has 0 saturated heterocycles. The van der Waals surface area contributed by atoms with Crippen LogP contribution in [0.4, 0.5) is 15.9 Å². The van der Waals surface area contributed by atoms with Crippen molar-refractivity contribution >= 4 is 37.5 Å². The van der Waals surface area contributed by atoms with Gasteiger partial charge in [-0.1, -0.05) is 0 Å². The van der Waals surface area contributed by atoms with E-state index in [4.69, 9.17) is 5.73 Å². The van der Waals surface area contributed by atoms with Crippen molar-refractivity contribution in [3.63, 3.8) is 0 Å². The standard InChI is InChI=1S/C13H13BrFN3O2S/c1-7-4-13(17-6-9(7)14)18-21(19,20)12-5-11(16)8(2)3-10(12)15/h3-6H,16H2,1-2H3,(H,17,18). The average molecular weight is 374 g/mol. The van der Waals surface area contributed by atoms with Crippen molar-refractivity contribution in [1.29, 1.82) is 0 Å². The lowest BCUT2D eigenvalue weighted by molar-refractivity contribution is 0.570. The number of nitrogens with two attached hydrogens (primary N) is 1. The lowest BCUT2D eigenvalue weighted by atomic mass is 10.2. The van der Waals surface area contributed by atoms with Crippen LogP contribution in [0.15, 0.2) is 33.8 Å². The minimum Gasteiger partial charge on any atom is -0.398 e. The molecule has 0 atom stereocenters. The topological polar surface area (TPSA) is 85.1 Å². The third-order valence-electron chi connectivity index (χ3n) is 2.90. The Morgan fingerprint density at radius 3 is 2.52 bits per heavy atom. The number of aromatic nitrogens is 1. The van der Waals surface area contributed by atoms with Crippen LogP contribution in [0.2, 0.25) is 0 Å². The second kappa shape index (κ2) is 5.61. The molecule has 0 fully saturated rings. The lowest BCUT2D eigenvalue weighted by Gasteiger charge is -2.11. The van der Waals surface area contributed by atoms with Crippen LogP contribution in [-0.4, -0.2) is 13.4 Å². The minimum absolute atomic E-state index is 0.106. The lowest BCUT2D eigenvalue weighted by Crippen LogP contribution is -2.16. The van der Waals surface area contributed by atoms with Crippen LogP contribution in [0.25, 0.3) is 0 Å². The van der Waals surface area contributed by atoms with E-state index >= 15 is 0 Å². The Labute approximate surface area is 130 Å². The number of hydrogen-bond acceptors (Lipinski definition) is 4. The third-order valence-corrected chi connectivity index (χ3v) is 5.10. The number of halogens is 2. The van der Waals surface area contributed by atoms with Crippen LogP contribution >= 0.6 is 15.9 Å². The van der Waals surface area contributed by atoms with Crippen LogP contribution in [0.1, 0.15) is 11.1 Å². The van der Waals surface area contributed by atoms with Crippen molar-refractivity contribution in [3.8, 4) is 0 Å². The van der Waals surface area contributed by atoms with Crippen LogP contribution in [-0.2, 0) is 10.0 Å². The van der Waals surface area contributed by atoms with Crippen molar-refractivity contribution in [1.82, 2.24) is 4.98 Å². The van der Waals surface area contributed by atoms with Gasteiger partial charge in [-0.3, -0.25) is 4.72 Å². The quantitative estimate of drug-likeness (QED) is 0.809. The molecule has 3 N–H and O–H groups in total. The van der Waals surface area contributed by atoms with E-state index in [9.17, 15) is 12.8 Å². The molecule has 2 rings (SSSR count). The Bertz CT molecular complexity index is 809. The molecule has 21 heavy (non-hydrogen) atoms. The highest BCUT2D eigenvalue weighted by Crippen LogP contribution is 2.24. The summed E-state index contributed by atoms with van der Waals surface area (Å²) in [4.78, 5) is 3.42. The second-order valence-corrected chi connectivity index (χ2v) is 7.07. The van der Waals surface area contributed by atoms with Crippen LogP contribution < -0.4 is 10.5 Å². The van der Waals surface area contributed by atoms with Crippen molar-refractivity contribution in [2.45, 2.75) is 18.7 Å². The van der Waals surface area contributed by atoms with E-state index in [1.165, 1.54) is 12.3 Å². The van der Waals surface area contributed by atoms with Gasteiger partial charge in [0.2, 0.25) is 0 Å². The number of benzene rings is 1. The predicted octanol–water partition coefficient (Wildman–Crippen LogP) is 2.98. The van der Waals surface area contributed by atoms with Crippen molar-refractivity contribution in [3.05, 3.63) is 45.8 Å². The van der Waals surface area contributed by atoms with E-state index in [1.807, 2.05) is 0 Å². The van der Waals surface area contributed by atoms with E-state index in [2.05, 4.69) is 25.6 Å². The first-order chi connectivity index (χ1) is 9.70. The van der Waals surface area contributed by atoms with Crippen LogP contribution in [0.3, 0.4) is 0 Å². The first-order valence-corrected chi connectivity index (χ1v) is 8.19. The SMILES string of the molecule is Cc1cc(F)c(S(=O)(=O)Nc2cc(C)c(Br)cn2)cc1N. The monoisotopic (exact) mass is 373 g/mol. The van der Waals surface area contributed by atoms with Crippen LogP contribution in [0.5, 0.6) is 0 Å². The summed E-state index contributed by atoms with van der Waals surface area (Å²) in [6.45, 7) is 3.38. The van der Waals surface area contributed by atoms with Gasteiger partial charge < -0.3 is 5.73 Å². The van der Waals surface area contributed by atoms with E-state index in [-0.39, 0.29) is 11.5 Å². The number of hydrogen-bond donors (Lipinski definition) is 2. The molecule has 0 amide bonds. The van der Waals surface area contributed by atoms with Gasteiger partial charge in [0.05, 0.1) is 0 Å². The van der Waals surface area contributed by atoms with Gasteiger partial charge in [0.25, 0.3) is 10.0 Å². The summed E-state index contributed by atoms with van der Waals surface area (Å²) >= 11 is 3.27. The highest BCUT2D eigenvalue weighted by Gasteiger charge is 2.21. The van der Waals surface area contributed by atoms with E-state index in [0.29, 0.717) is 5.56 Å². The first-order valence-electron chi connectivity index (χ1n) is 5.91. The molecular formula is C13H13BrFN3O2S. The van der Waals surface area contributed by atoms with Gasteiger partial charge in [0, 0.05) is 16.4 Å². The van der Waals surface area contributed by atoms with Gasteiger partial charge in [-0.05, 0) is 59.1 Å². The number of sulfonamides is 1. The minimum atomic E-state index is -4.10. The summed E-state index contributed by atoms with van der Waals surface area (Å²) < 4.78 is 41.3. The van der Waals surface area contributed by atoms with E-state index < -0.39 is 20.7 Å². The molecule has 0 spiro atoms. The molecule has 1 aromatic heterocycles. The second-order valence-electron chi connectivity index (χ2n) is 4.56. The molecule has 5 nitrogen and oxygen atoms in total. The number of nitrogens with one attached hydrogen (secondary N) is 1. The molecule has 0 saturated carbocycles. The maximum Gasteiger partial charge on any atom is 0.266 e. The summed E-state index contributed by atoms with van der Waals surface area (Å²) in [5, 5.41) is 0. The molecule has 0 aliphatic carbocycles. The predicted molar refractivity (Wildman–Crippen MR) is 83.0 cm³/mol. The molecule has 112 valence electrons.